The number of ether oxygens (including phenoxy) is 4. The zero-order valence-electron chi connectivity index (χ0n) is 25.6. The van der Waals surface area contributed by atoms with E-state index in [2.05, 4.69) is 37.9 Å². The van der Waals surface area contributed by atoms with E-state index >= 15 is 0 Å². The first kappa shape index (κ1) is 31.1. The maximum Gasteiger partial charge on any atom is 0.338 e. The van der Waals surface area contributed by atoms with Gasteiger partial charge < -0.3 is 18.9 Å². The van der Waals surface area contributed by atoms with Crippen LogP contribution in [0, 0.1) is 20.8 Å². The largest absolute Gasteiger partial charge is 0.496 e. The molecule has 8 nitrogen and oxygen atoms in total. The lowest BCUT2D eigenvalue weighted by Gasteiger charge is -2.25. The minimum absolute atomic E-state index is 0.231. The SMILES string of the molecule is COC(=O)C1=C(C)N=c2s/c(=C\c3ccc(OCc4c(C)cc(C)cc4C)c(OC)c3)c(=O)n2[C@@H]1c1cc(Cl)ccc1OC. The third-order valence-electron chi connectivity index (χ3n) is 7.61. The maximum atomic E-state index is 14.0. The molecule has 0 saturated heterocycles. The molecule has 1 atom stereocenters. The zero-order valence-corrected chi connectivity index (χ0v) is 27.2. The summed E-state index contributed by atoms with van der Waals surface area (Å²) >= 11 is 7.59. The van der Waals surface area contributed by atoms with Crippen molar-refractivity contribution >= 4 is 35.0 Å². The highest BCUT2D eigenvalue weighted by molar-refractivity contribution is 7.07. The molecule has 0 saturated carbocycles. The van der Waals surface area contributed by atoms with Crippen molar-refractivity contribution < 1.29 is 23.7 Å². The Morgan fingerprint density at radius 2 is 1.64 bits per heavy atom. The van der Waals surface area contributed by atoms with Gasteiger partial charge in [-0.1, -0.05) is 46.7 Å². The smallest absolute Gasteiger partial charge is 0.338 e. The van der Waals surface area contributed by atoms with Crippen molar-refractivity contribution in [3.63, 3.8) is 0 Å². The van der Waals surface area contributed by atoms with Crippen molar-refractivity contribution in [3.05, 3.63) is 118 Å². The fraction of sp³-hybridized carbons (Fsp3) is 0.265. The van der Waals surface area contributed by atoms with Crippen molar-refractivity contribution in [2.75, 3.05) is 21.3 Å². The third-order valence-corrected chi connectivity index (χ3v) is 8.83. The molecule has 0 radical (unpaired) electrons. The number of carbonyl (C=O) groups is 1. The van der Waals surface area contributed by atoms with Crippen LogP contribution in [0.15, 0.2) is 69.6 Å². The first-order chi connectivity index (χ1) is 21.1. The summed E-state index contributed by atoms with van der Waals surface area (Å²) < 4.78 is 24.4. The molecular weight excluding hydrogens is 600 g/mol. The number of halogens is 1. The summed E-state index contributed by atoms with van der Waals surface area (Å²) in [7, 11) is 4.40. The summed E-state index contributed by atoms with van der Waals surface area (Å²) in [6, 6.07) is 14.0. The van der Waals surface area contributed by atoms with Crippen LogP contribution in [0.1, 0.15) is 46.3 Å². The van der Waals surface area contributed by atoms with Gasteiger partial charge in [0.2, 0.25) is 0 Å². The monoisotopic (exact) mass is 632 g/mol. The van der Waals surface area contributed by atoms with Gasteiger partial charge in [0.05, 0.1) is 37.1 Å². The van der Waals surface area contributed by atoms with Gasteiger partial charge in [0.1, 0.15) is 18.4 Å². The van der Waals surface area contributed by atoms with Crippen molar-refractivity contribution in [2.45, 2.75) is 40.3 Å². The first-order valence-corrected chi connectivity index (χ1v) is 15.1. The van der Waals surface area contributed by atoms with Gasteiger partial charge in [0.25, 0.3) is 5.56 Å². The lowest BCUT2D eigenvalue weighted by molar-refractivity contribution is -0.136. The van der Waals surface area contributed by atoms with E-state index in [-0.39, 0.29) is 11.1 Å². The van der Waals surface area contributed by atoms with Crippen LogP contribution in [0.4, 0.5) is 0 Å². The molecule has 1 aromatic heterocycles. The van der Waals surface area contributed by atoms with Crippen LogP contribution in [-0.4, -0.2) is 31.9 Å². The maximum absolute atomic E-state index is 14.0. The third kappa shape index (κ3) is 5.89. The number of benzene rings is 3. The van der Waals surface area contributed by atoms with Crippen molar-refractivity contribution in [2.24, 2.45) is 4.99 Å². The number of aryl methyl sites for hydroxylation is 3. The van der Waals surface area contributed by atoms with Crippen molar-refractivity contribution in [3.8, 4) is 17.2 Å². The zero-order chi connectivity index (χ0) is 31.7. The lowest BCUT2D eigenvalue weighted by Crippen LogP contribution is -2.40. The summed E-state index contributed by atoms with van der Waals surface area (Å²) in [6.07, 6.45) is 1.77. The number of allylic oxidation sites excluding steroid dienone is 1. The predicted molar refractivity (Wildman–Crippen MR) is 172 cm³/mol. The van der Waals surface area contributed by atoms with E-state index in [1.165, 1.54) is 46.8 Å². The van der Waals surface area contributed by atoms with E-state index in [1.807, 2.05) is 18.2 Å². The molecule has 0 unspecified atom stereocenters. The van der Waals surface area contributed by atoms with Gasteiger partial charge >= 0.3 is 5.97 Å². The van der Waals surface area contributed by atoms with E-state index < -0.39 is 12.0 Å². The van der Waals surface area contributed by atoms with E-state index in [0.29, 0.717) is 49.5 Å². The molecule has 0 fully saturated rings. The van der Waals surface area contributed by atoms with Crippen molar-refractivity contribution in [1.82, 2.24) is 4.57 Å². The average Bonchev–Trinajstić information content (AvgIpc) is 3.29. The van der Waals surface area contributed by atoms with Gasteiger partial charge in [-0.05, 0) is 86.4 Å². The first-order valence-electron chi connectivity index (χ1n) is 13.9. The molecule has 1 aliphatic rings. The van der Waals surface area contributed by atoms with Crippen LogP contribution < -0.4 is 29.1 Å². The molecule has 0 N–H and O–H groups in total. The highest BCUT2D eigenvalue weighted by atomic mass is 35.5. The van der Waals surface area contributed by atoms with E-state index in [0.717, 1.165) is 11.1 Å². The Balaban J connectivity index is 1.57. The standard InChI is InChI=1S/C34H33ClN2O6S/c1-18-12-19(2)25(20(3)13-18)17-43-27-10-8-22(14-28(27)41-6)15-29-32(38)37-31(24-16-23(35)9-11-26(24)40-5)30(33(39)42-7)21(4)36-34(37)44-29/h8-16,31H,17H2,1-7H3/b29-15-/t31-/m1/s1. The second-order valence-electron chi connectivity index (χ2n) is 10.5. The summed E-state index contributed by atoms with van der Waals surface area (Å²) in [5.74, 6) is 1.02. The van der Waals surface area contributed by atoms with Crippen LogP contribution in [-0.2, 0) is 16.1 Å². The molecule has 2 heterocycles. The molecule has 228 valence electrons. The van der Waals surface area contributed by atoms with E-state index in [9.17, 15) is 9.59 Å². The Bertz CT molecular complexity index is 1970. The molecule has 44 heavy (non-hydrogen) atoms. The van der Waals surface area contributed by atoms with Crippen LogP contribution in [0.5, 0.6) is 17.2 Å². The number of nitrogens with zero attached hydrogens (tertiary/aromatic N) is 2. The number of hydrogen-bond donors (Lipinski definition) is 0. The Hall–Kier alpha value is -4.34. The summed E-state index contributed by atoms with van der Waals surface area (Å²) in [5.41, 5.74) is 6.33. The Morgan fingerprint density at radius 3 is 2.30 bits per heavy atom. The number of carbonyl (C=O) groups excluding carboxylic acids is 1. The number of methoxy groups -OCH3 is 3. The Labute approximate surface area is 264 Å². The highest BCUT2D eigenvalue weighted by Gasteiger charge is 2.35. The predicted octanol–water partition coefficient (Wildman–Crippen LogP) is 5.58. The number of thiazole rings is 1. The number of fused-ring (bicyclic) bond motifs is 1. The molecule has 0 bridgehead atoms. The van der Waals surface area contributed by atoms with Gasteiger partial charge in [-0.2, -0.15) is 0 Å². The summed E-state index contributed by atoms with van der Waals surface area (Å²) in [5, 5.41) is 0.434. The summed E-state index contributed by atoms with van der Waals surface area (Å²) in [6.45, 7) is 8.36. The van der Waals surface area contributed by atoms with Crippen LogP contribution in [0.2, 0.25) is 5.02 Å². The van der Waals surface area contributed by atoms with Crippen LogP contribution >= 0.6 is 22.9 Å². The molecule has 5 rings (SSSR count). The fourth-order valence-corrected chi connectivity index (χ4v) is 6.77. The Morgan fingerprint density at radius 1 is 0.955 bits per heavy atom. The van der Waals surface area contributed by atoms with Crippen LogP contribution in [0.25, 0.3) is 6.08 Å². The number of aromatic nitrogens is 1. The van der Waals surface area contributed by atoms with Gasteiger partial charge in [-0.3, -0.25) is 9.36 Å². The molecule has 1 aliphatic heterocycles. The molecule has 10 heteroatoms. The van der Waals surface area contributed by atoms with Crippen molar-refractivity contribution in [1.29, 1.82) is 0 Å². The topological polar surface area (TPSA) is 88.4 Å². The lowest BCUT2D eigenvalue weighted by atomic mass is 9.95. The number of rotatable bonds is 8. The van der Waals surface area contributed by atoms with Gasteiger partial charge in [0.15, 0.2) is 16.3 Å². The van der Waals surface area contributed by atoms with Gasteiger partial charge in [-0.15, -0.1) is 0 Å². The highest BCUT2D eigenvalue weighted by Crippen LogP contribution is 2.37. The molecule has 3 aromatic carbocycles. The molecular formula is C34H33ClN2O6S. The van der Waals surface area contributed by atoms with Gasteiger partial charge in [-0.25, -0.2) is 9.79 Å². The quantitative estimate of drug-likeness (QED) is 0.236. The van der Waals surface area contributed by atoms with E-state index in [4.69, 9.17) is 30.5 Å². The molecule has 0 amide bonds. The fourth-order valence-electron chi connectivity index (χ4n) is 5.54. The average molecular weight is 633 g/mol. The minimum atomic E-state index is -0.853. The van der Waals surface area contributed by atoms with Gasteiger partial charge in [0, 0.05) is 10.6 Å². The van der Waals surface area contributed by atoms with Crippen LogP contribution in [0.3, 0.4) is 0 Å². The van der Waals surface area contributed by atoms with E-state index in [1.54, 1.807) is 38.3 Å². The minimum Gasteiger partial charge on any atom is -0.496 e. The number of hydrogen-bond acceptors (Lipinski definition) is 8. The number of esters is 1. The molecule has 0 spiro atoms. The molecule has 4 aromatic rings. The Kier molecular flexibility index (Phi) is 8.99. The molecule has 0 aliphatic carbocycles. The normalized spacial score (nSPS) is 14.6. The second-order valence-corrected chi connectivity index (χ2v) is 12.0. The second kappa shape index (κ2) is 12.7. The summed E-state index contributed by atoms with van der Waals surface area (Å²) in [4.78, 5) is 32.1.